The first-order chi connectivity index (χ1) is 17.6. The minimum absolute atomic E-state index is 0.0704. The van der Waals surface area contributed by atoms with Crippen molar-refractivity contribution >= 4 is 17.6 Å². The molecule has 2 aromatic carbocycles. The number of nitrogens with one attached hydrogen (secondary N) is 1. The minimum Gasteiger partial charge on any atom is -0.390 e. The highest BCUT2D eigenvalue weighted by molar-refractivity contribution is 6.05. The Balaban J connectivity index is 1.62. The number of halogens is 4. The number of aliphatic hydroxyl groups excluding tert-OH is 1. The second-order valence-electron chi connectivity index (χ2n) is 9.16. The molecule has 0 bridgehead atoms. The van der Waals surface area contributed by atoms with E-state index in [4.69, 9.17) is 0 Å². The van der Waals surface area contributed by atoms with Crippen molar-refractivity contribution in [1.29, 1.82) is 0 Å². The predicted octanol–water partition coefficient (Wildman–Crippen LogP) is 4.17. The first kappa shape index (κ1) is 24.9. The summed E-state index contributed by atoms with van der Waals surface area (Å²) >= 11 is 0. The van der Waals surface area contributed by atoms with Gasteiger partial charge in [0.2, 0.25) is 0 Å². The SMILES string of the molecule is CCN1C(=O)[C@H](NC(=O)c2cccc(C(F)(F)F)c2)[C@H](c2ccc(F)cc2)c2c(CO)nn(C3CC3)c21. The van der Waals surface area contributed by atoms with Crippen LogP contribution in [-0.4, -0.2) is 39.3 Å². The first-order valence-electron chi connectivity index (χ1n) is 11.9. The maximum atomic E-state index is 13.8. The summed E-state index contributed by atoms with van der Waals surface area (Å²) in [6.07, 6.45) is -2.92. The van der Waals surface area contributed by atoms with Crippen molar-refractivity contribution in [2.75, 3.05) is 11.4 Å². The van der Waals surface area contributed by atoms with Gasteiger partial charge in [-0.25, -0.2) is 9.07 Å². The summed E-state index contributed by atoms with van der Waals surface area (Å²) in [5.74, 6) is -2.18. The fourth-order valence-electron chi connectivity index (χ4n) is 4.88. The zero-order valence-corrected chi connectivity index (χ0v) is 19.8. The van der Waals surface area contributed by atoms with Crippen molar-refractivity contribution in [3.05, 3.63) is 82.3 Å². The van der Waals surface area contributed by atoms with E-state index in [9.17, 15) is 32.3 Å². The molecule has 2 aliphatic rings. The van der Waals surface area contributed by atoms with Crippen LogP contribution in [0.15, 0.2) is 48.5 Å². The lowest BCUT2D eigenvalue weighted by Crippen LogP contribution is -2.55. The van der Waals surface area contributed by atoms with E-state index in [1.165, 1.54) is 35.2 Å². The Morgan fingerprint density at radius 1 is 1.16 bits per heavy atom. The number of rotatable bonds is 6. The standard InChI is InChI=1S/C26H24F4N4O3/c1-2-33-24-21(19(13-35)32-34(24)18-10-11-18)20(14-6-8-17(27)9-7-14)22(25(33)37)31-23(36)15-4-3-5-16(12-15)26(28,29)30/h3-9,12,18,20,22,35H,2,10-11,13H2,1H3,(H,31,36)/t20-,22-/m1/s1. The second-order valence-corrected chi connectivity index (χ2v) is 9.16. The molecule has 2 heterocycles. The third-order valence-electron chi connectivity index (χ3n) is 6.76. The molecule has 0 spiro atoms. The highest BCUT2D eigenvalue weighted by Crippen LogP contribution is 2.47. The average molecular weight is 516 g/mol. The molecule has 1 aliphatic heterocycles. The summed E-state index contributed by atoms with van der Waals surface area (Å²) < 4.78 is 55.2. The van der Waals surface area contributed by atoms with Crippen LogP contribution in [0.3, 0.4) is 0 Å². The number of fused-ring (bicyclic) bond motifs is 1. The molecule has 1 fully saturated rings. The van der Waals surface area contributed by atoms with Gasteiger partial charge in [-0.15, -0.1) is 0 Å². The summed E-state index contributed by atoms with van der Waals surface area (Å²) in [4.78, 5) is 28.5. The summed E-state index contributed by atoms with van der Waals surface area (Å²) in [7, 11) is 0. The van der Waals surface area contributed by atoms with Crippen molar-refractivity contribution in [2.45, 2.75) is 50.6 Å². The zero-order chi connectivity index (χ0) is 26.5. The predicted molar refractivity (Wildman–Crippen MR) is 125 cm³/mol. The molecule has 1 aliphatic carbocycles. The van der Waals surface area contributed by atoms with E-state index in [1.807, 2.05) is 0 Å². The smallest absolute Gasteiger partial charge is 0.390 e. The highest BCUT2D eigenvalue weighted by atomic mass is 19.4. The van der Waals surface area contributed by atoms with E-state index in [2.05, 4.69) is 10.4 Å². The first-order valence-corrected chi connectivity index (χ1v) is 11.9. The van der Waals surface area contributed by atoms with Crippen LogP contribution in [-0.2, 0) is 17.6 Å². The van der Waals surface area contributed by atoms with Crippen LogP contribution in [0.25, 0.3) is 0 Å². The topological polar surface area (TPSA) is 87.5 Å². The lowest BCUT2D eigenvalue weighted by molar-refractivity contribution is -0.137. The van der Waals surface area contributed by atoms with Crippen LogP contribution in [0.4, 0.5) is 23.4 Å². The third-order valence-corrected chi connectivity index (χ3v) is 6.76. The number of aliphatic hydroxyl groups is 1. The molecule has 1 aromatic heterocycles. The van der Waals surface area contributed by atoms with E-state index in [0.29, 0.717) is 22.6 Å². The molecule has 2 N–H and O–H groups in total. The number of benzene rings is 2. The van der Waals surface area contributed by atoms with E-state index in [1.54, 1.807) is 11.6 Å². The van der Waals surface area contributed by atoms with E-state index >= 15 is 0 Å². The molecule has 3 aromatic rings. The lowest BCUT2D eigenvalue weighted by Gasteiger charge is -2.38. The quantitative estimate of drug-likeness (QED) is 0.482. The van der Waals surface area contributed by atoms with Gasteiger partial charge in [-0.3, -0.25) is 14.5 Å². The van der Waals surface area contributed by atoms with Gasteiger partial charge in [0.25, 0.3) is 11.8 Å². The van der Waals surface area contributed by atoms with Gasteiger partial charge in [0.15, 0.2) is 0 Å². The second kappa shape index (κ2) is 9.29. The normalized spacial score (nSPS) is 19.6. The number of carbonyl (C=O) groups is 2. The number of hydrogen-bond donors (Lipinski definition) is 2. The number of likely N-dealkylation sites (N-methyl/N-ethyl adjacent to an activating group) is 1. The number of hydrogen-bond acceptors (Lipinski definition) is 4. The molecule has 2 amide bonds. The van der Waals surface area contributed by atoms with Gasteiger partial charge in [-0.1, -0.05) is 18.2 Å². The van der Waals surface area contributed by atoms with Crippen molar-refractivity contribution in [1.82, 2.24) is 15.1 Å². The number of alkyl halides is 3. The number of aromatic nitrogens is 2. The molecule has 0 saturated heterocycles. The van der Waals surface area contributed by atoms with Crippen LogP contribution in [0.1, 0.15) is 64.5 Å². The minimum atomic E-state index is -4.64. The van der Waals surface area contributed by atoms with Crippen LogP contribution in [0.2, 0.25) is 0 Å². The highest BCUT2D eigenvalue weighted by Gasteiger charge is 2.47. The summed E-state index contributed by atoms with van der Waals surface area (Å²) in [5.41, 5.74) is 0.0878. The lowest BCUT2D eigenvalue weighted by atomic mass is 9.81. The monoisotopic (exact) mass is 516 g/mol. The van der Waals surface area contributed by atoms with Gasteiger partial charge in [0, 0.05) is 23.6 Å². The van der Waals surface area contributed by atoms with Crippen molar-refractivity contribution in [3.8, 4) is 0 Å². The summed E-state index contributed by atoms with van der Waals surface area (Å²) in [6.45, 7) is 1.56. The Bertz CT molecular complexity index is 1350. The van der Waals surface area contributed by atoms with Crippen molar-refractivity contribution < 1.29 is 32.3 Å². The van der Waals surface area contributed by atoms with Gasteiger partial charge in [0.05, 0.1) is 23.9 Å². The van der Waals surface area contributed by atoms with Crippen LogP contribution < -0.4 is 10.2 Å². The maximum Gasteiger partial charge on any atom is 0.416 e. The molecule has 0 radical (unpaired) electrons. The van der Waals surface area contributed by atoms with Crippen molar-refractivity contribution in [3.63, 3.8) is 0 Å². The number of carbonyl (C=O) groups excluding carboxylic acids is 2. The Labute approximate surface area is 209 Å². The van der Waals surface area contributed by atoms with Crippen molar-refractivity contribution in [2.24, 2.45) is 0 Å². The largest absolute Gasteiger partial charge is 0.416 e. The van der Waals surface area contributed by atoms with Gasteiger partial charge in [-0.05, 0) is 55.7 Å². The summed E-state index contributed by atoms with van der Waals surface area (Å²) in [5, 5.41) is 17.4. The third kappa shape index (κ3) is 4.48. The Kier molecular flexibility index (Phi) is 6.26. The molecular weight excluding hydrogens is 492 g/mol. The molecule has 11 heteroatoms. The van der Waals surface area contributed by atoms with Crippen LogP contribution in [0.5, 0.6) is 0 Å². The fraction of sp³-hybridized carbons (Fsp3) is 0.346. The Hall–Kier alpha value is -3.73. The van der Waals surface area contributed by atoms with E-state index in [-0.39, 0.29) is 18.2 Å². The molecular formula is C26H24F4N4O3. The van der Waals surface area contributed by atoms with E-state index in [0.717, 1.165) is 31.0 Å². The molecule has 37 heavy (non-hydrogen) atoms. The number of nitrogens with zero attached hydrogens (tertiary/aromatic N) is 3. The molecule has 194 valence electrons. The molecule has 2 atom stereocenters. The summed E-state index contributed by atoms with van der Waals surface area (Å²) in [6, 6.07) is 8.19. The van der Waals surface area contributed by atoms with E-state index < -0.39 is 47.9 Å². The number of anilines is 1. The Morgan fingerprint density at radius 3 is 2.46 bits per heavy atom. The van der Waals surface area contributed by atoms with Gasteiger partial charge in [0.1, 0.15) is 17.7 Å². The molecule has 5 rings (SSSR count). The number of amides is 2. The average Bonchev–Trinajstić information content (AvgIpc) is 3.65. The van der Waals surface area contributed by atoms with Gasteiger partial charge in [-0.2, -0.15) is 18.3 Å². The maximum absolute atomic E-state index is 13.8. The fourth-order valence-corrected chi connectivity index (χ4v) is 4.88. The molecule has 7 nitrogen and oxygen atoms in total. The molecule has 1 saturated carbocycles. The van der Waals surface area contributed by atoms with Gasteiger partial charge < -0.3 is 10.4 Å². The van der Waals surface area contributed by atoms with Crippen LogP contribution >= 0.6 is 0 Å². The van der Waals surface area contributed by atoms with Gasteiger partial charge >= 0.3 is 6.18 Å². The zero-order valence-electron chi connectivity index (χ0n) is 19.8. The Morgan fingerprint density at radius 2 is 1.86 bits per heavy atom. The van der Waals surface area contributed by atoms with Crippen LogP contribution in [0, 0.1) is 5.82 Å². The molecule has 0 unspecified atom stereocenters.